The van der Waals surface area contributed by atoms with Gasteiger partial charge in [-0.3, -0.25) is 19.3 Å². The van der Waals surface area contributed by atoms with E-state index in [1.807, 2.05) is 59.7 Å². The van der Waals surface area contributed by atoms with Crippen LogP contribution in [0.1, 0.15) is 49.5 Å². The summed E-state index contributed by atoms with van der Waals surface area (Å²) in [5, 5.41) is 1.93. The Morgan fingerprint density at radius 1 is 1.22 bits per heavy atom. The zero-order chi connectivity index (χ0) is 22.6. The van der Waals surface area contributed by atoms with E-state index in [2.05, 4.69) is 0 Å². The summed E-state index contributed by atoms with van der Waals surface area (Å²) in [5.74, 6) is -0.587. The first-order chi connectivity index (χ1) is 15.5. The number of hydrogen-bond acceptors (Lipinski definition) is 5. The van der Waals surface area contributed by atoms with Crippen LogP contribution in [-0.2, 0) is 31.1 Å². The lowest BCUT2D eigenvalue weighted by molar-refractivity contribution is -0.143. The zero-order valence-corrected chi connectivity index (χ0v) is 19.3. The molecule has 2 atom stereocenters. The van der Waals surface area contributed by atoms with Crippen LogP contribution >= 0.6 is 11.3 Å². The van der Waals surface area contributed by atoms with Crippen LogP contribution in [0.3, 0.4) is 0 Å². The molecule has 1 aromatic heterocycles. The summed E-state index contributed by atoms with van der Waals surface area (Å²) in [6.45, 7) is 4.18. The van der Waals surface area contributed by atoms with Gasteiger partial charge >= 0.3 is 0 Å². The van der Waals surface area contributed by atoms with Gasteiger partial charge in [0.1, 0.15) is 0 Å². The van der Waals surface area contributed by atoms with Crippen molar-refractivity contribution in [3.8, 4) is 0 Å². The van der Waals surface area contributed by atoms with Crippen molar-refractivity contribution in [1.29, 1.82) is 0 Å². The van der Waals surface area contributed by atoms with Gasteiger partial charge in [-0.05, 0) is 36.3 Å². The summed E-state index contributed by atoms with van der Waals surface area (Å²) in [7, 11) is 0. The molecule has 2 aromatic rings. The normalized spacial score (nSPS) is 23.2. The largest absolute Gasteiger partial charge is 0.376 e. The van der Waals surface area contributed by atoms with Crippen LogP contribution in [0.25, 0.3) is 0 Å². The third kappa shape index (κ3) is 4.64. The van der Waals surface area contributed by atoms with Crippen molar-refractivity contribution in [2.45, 2.75) is 57.1 Å². The Morgan fingerprint density at radius 2 is 2.03 bits per heavy atom. The molecule has 2 fully saturated rings. The highest BCUT2D eigenvalue weighted by atomic mass is 32.1. The molecule has 0 bridgehead atoms. The highest BCUT2D eigenvalue weighted by Gasteiger charge is 2.54. The van der Waals surface area contributed by atoms with Crippen molar-refractivity contribution in [2.75, 3.05) is 19.7 Å². The smallest absolute Gasteiger partial charge is 0.241 e. The van der Waals surface area contributed by atoms with Crippen molar-refractivity contribution >= 4 is 29.1 Å². The first-order valence-electron chi connectivity index (χ1n) is 11.4. The van der Waals surface area contributed by atoms with Crippen molar-refractivity contribution in [3.63, 3.8) is 0 Å². The monoisotopic (exact) mass is 454 g/mol. The van der Waals surface area contributed by atoms with E-state index >= 15 is 0 Å². The molecule has 2 aliphatic rings. The van der Waals surface area contributed by atoms with E-state index in [-0.39, 0.29) is 43.2 Å². The molecule has 4 rings (SSSR count). The van der Waals surface area contributed by atoms with E-state index in [0.717, 1.165) is 36.3 Å². The number of benzene rings is 1. The average Bonchev–Trinajstić information content (AvgIpc) is 3.54. The molecule has 6 nitrogen and oxygen atoms in total. The fourth-order valence-electron chi connectivity index (χ4n) is 4.73. The predicted octanol–water partition coefficient (Wildman–Crippen LogP) is 3.75. The van der Waals surface area contributed by atoms with E-state index in [9.17, 15) is 14.4 Å². The maximum atomic E-state index is 13.7. The number of likely N-dealkylation sites (tertiary alicyclic amines) is 1. The van der Waals surface area contributed by atoms with Crippen LogP contribution in [0.5, 0.6) is 0 Å². The number of hydrogen-bond donors (Lipinski definition) is 0. The highest BCUT2D eigenvalue weighted by Crippen LogP contribution is 2.41. The topological polar surface area (TPSA) is 66.9 Å². The Balaban J connectivity index is 1.61. The Hall–Kier alpha value is -2.51. The summed E-state index contributed by atoms with van der Waals surface area (Å²) in [4.78, 5) is 44.4. The number of rotatable bonds is 9. The molecule has 2 aliphatic heterocycles. The molecular weight excluding hydrogens is 424 g/mol. The minimum atomic E-state index is -1.16. The van der Waals surface area contributed by atoms with Gasteiger partial charge in [-0.25, -0.2) is 0 Å². The first-order valence-corrected chi connectivity index (χ1v) is 12.2. The van der Waals surface area contributed by atoms with Gasteiger partial charge in [0.15, 0.2) is 0 Å². The number of ether oxygens (including phenoxy) is 1. The third-order valence-corrected chi connectivity index (χ3v) is 7.24. The van der Waals surface area contributed by atoms with Gasteiger partial charge in [0.2, 0.25) is 17.7 Å². The Bertz CT molecular complexity index is 940. The van der Waals surface area contributed by atoms with Crippen LogP contribution in [0.2, 0.25) is 0 Å². The van der Waals surface area contributed by atoms with E-state index in [4.69, 9.17) is 4.74 Å². The van der Waals surface area contributed by atoms with Crippen LogP contribution in [0, 0.1) is 0 Å². The lowest BCUT2D eigenvalue weighted by Crippen LogP contribution is -2.45. The summed E-state index contributed by atoms with van der Waals surface area (Å²) in [5.41, 5.74) is -0.427. The fourth-order valence-corrected chi connectivity index (χ4v) is 5.43. The number of thiophene rings is 1. The van der Waals surface area contributed by atoms with E-state index in [1.54, 1.807) is 0 Å². The fraction of sp³-hybridized carbons (Fsp3) is 0.480. The molecule has 0 radical (unpaired) electrons. The van der Waals surface area contributed by atoms with Crippen molar-refractivity contribution in [2.24, 2.45) is 0 Å². The maximum absolute atomic E-state index is 13.7. The molecule has 0 unspecified atom stereocenters. The van der Waals surface area contributed by atoms with Crippen LogP contribution in [-0.4, -0.2) is 53.3 Å². The second-order valence-corrected chi connectivity index (χ2v) is 9.67. The minimum Gasteiger partial charge on any atom is -0.376 e. The Kier molecular flexibility index (Phi) is 7.06. The number of amides is 3. The molecule has 3 amide bonds. The van der Waals surface area contributed by atoms with Gasteiger partial charge in [-0.2, -0.15) is 0 Å². The number of carbonyl (C=O) groups is 3. The Morgan fingerprint density at radius 3 is 2.69 bits per heavy atom. The average molecular weight is 455 g/mol. The predicted molar refractivity (Wildman–Crippen MR) is 123 cm³/mol. The van der Waals surface area contributed by atoms with Gasteiger partial charge in [0.05, 0.1) is 18.1 Å². The van der Waals surface area contributed by atoms with Crippen molar-refractivity contribution < 1.29 is 19.1 Å². The van der Waals surface area contributed by atoms with E-state index in [0.29, 0.717) is 13.1 Å². The summed E-state index contributed by atoms with van der Waals surface area (Å²) in [6.07, 6.45) is 2.85. The molecule has 0 N–H and O–H groups in total. The SMILES string of the molecule is CCCN(C[C@@H]1CCCO1)C(=O)C[C@]1(c2ccccc2)CC(=O)N(Cc2cccs2)C1=O. The van der Waals surface area contributed by atoms with Gasteiger partial charge in [-0.15, -0.1) is 11.3 Å². The molecule has 0 aliphatic carbocycles. The van der Waals surface area contributed by atoms with E-state index < -0.39 is 5.41 Å². The minimum absolute atomic E-state index is 0.00472. The van der Waals surface area contributed by atoms with Gasteiger partial charge in [-0.1, -0.05) is 43.3 Å². The standard InChI is InChI=1S/C25H30N2O4S/c1-2-12-26(17-20-10-6-13-31-20)22(28)15-25(19-8-4-3-5-9-19)16-23(29)27(24(25)30)18-21-11-7-14-32-21/h3-5,7-9,11,14,20H,2,6,10,12-13,15-18H2,1H3/t20-,25+/m0/s1. The summed E-state index contributed by atoms with van der Waals surface area (Å²) >= 11 is 1.52. The molecule has 2 saturated heterocycles. The summed E-state index contributed by atoms with van der Waals surface area (Å²) < 4.78 is 5.75. The number of imide groups is 1. The molecular formula is C25H30N2O4S. The van der Waals surface area contributed by atoms with Crippen LogP contribution < -0.4 is 0 Å². The third-order valence-electron chi connectivity index (χ3n) is 6.38. The maximum Gasteiger partial charge on any atom is 0.241 e. The Labute approximate surface area is 193 Å². The highest BCUT2D eigenvalue weighted by molar-refractivity contribution is 7.09. The zero-order valence-electron chi connectivity index (χ0n) is 18.5. The first kappa shape index (κ1) is 22.7. The lowest BCUT2D eigenvalue weighted by atomic mass is 9.75. The van der Waals surface area contributed by atoms with Crippen molar-refractivity contribution in [3.05, 3.63) is 58.3 Å². The molecule has 3 heterocycles. The molecule has 170 valence electrons. The van der Waals surface area contributed by atoms with Gasteiger partial charge < -0.3 is 9.64 Å². The molecule has 0 saturated carbocycles. The second kappa shape index (κ2) is 9.96. The molecule has 1 aromatic carbocycles. The number of nitrogens with zero attached hydrogens (tertiary/aromatic N) is 2. The molecule has 7 heteroatoms. The lowest BCUT2D eigenvalue weighted by Gasteiger charge is -2.31. The summed E-state index contributed by atoms with van der Waals surface area (Å²) in [6, 6.07) is 13.1. The van der Waals surface area contributed by atoms with Gasteiger partial charge in [0, 0.05) is 37.4 Å². The van der Waals surface area contributed by atoms with Crippen molar-refractivity contribution in [1.82, 2.24) is 9.80 Å². The van der Waals surface area contributed by atoms with Crippen LogP contribution in [0.15, 0.2) is 47.8 Å². The number of carbonyl (C=O) groups excluding carboxylic acids is 3. The molecule has 32 heavy (non-hydrogen) atoms. The molecule has 0 spiro atoms. The van der Waals surface area contributed by atoms with E-state index in [1.165, 1.54) is 16.2 Å². The van der Waals surface area contributed by atoms with Crippen LogP contribution in [0.4, 0.5) is 0 Å². The quantitative estimate of drug-likeness (QED) is 0.541. The van der Waals surface area contributed by atoms with Gasteiger partial charge in [0.25, 0.3) is 0 Å². The second-order valence-electron chi connectivity index (χ2n) is 8.64.